The number of hydrogen-bond donors (Lipinski definition) is 0. The summed E-state index contributed by atoms with van der Waals surface area (Å²) in [6.07, 6.45) is -9.53. The number of aromatic nitrogens is 2. The van der Waals surface area contributed by atoms with Gasteiger partial charge in [0.25, 0.3) is 0 Å². The summed E-state index contributed by atoms with van der Waals surface area (Å²) < 4.78 is 88.2. The van der Waals surface area contributed by atoms with E-state index in [0.29, 0.717) is 32.0 Å². The van der Waals surface area contributed by atoms with E-state index in [4.69, 9.17) is 4.74 Å². The molecule has 0 amide bonds. The Kier molecular flexibility index (Phi) is 6.09. The van der Waals surface area contributed by atoms with Crippen molar-refractivity contribution in [2.24, 2.45) is 0 Å². The number of ether oxygens (including phenoxy) is 1. The molecule has 34 heavy (non-hydrogen) atoms. The Balaban J connectivity index is 1.95. The largest absolute Gasteiger partial charge is 0.449 e. The zero-order chi connectivity index (χ0) is 24.8. The maximum Gasteiger partial charge on any atom is 0.449 e. The number of ketones is 1. The van der Waals surface area contributed by atoms with Crippen molar-refractivity contribution >= 4 is 22.5 Å². The van der Waals surface area contributed by atoms with Crippen molar-refractivity contribution in [3.05, 3.63) is 58.4 Å². The van der Waals surface area contributed by atoms with E-state index < -0.39 is 36.1 Å². The molecule has 1 aliphatic rings. The Hall–Kier alpha value is -3.08. The van der Waals surface area contributed by atoms with Gasteiger partial charge in [0.2, 0.25) is 5.82 Å². The molecule has 0 spiro atoms. The zero-order valence-electron chi connectivity index (χ0n) is 18.3. The molecule has 0 aliphatic carbocycles. The molecule has 1 aliphatic heterocycles. The fourth-order valence-corrected chi connectivity index (χ4v) is 4.19. The lowest BCUT2D eigenvalue weighted by molar-refractivity contribution is -0.146. The summed E-state index contributed by atoms with van der Waals surface area (Å²) >= 11 is 0. The maximum atomic E-state index is 14.0. The normalized spacial score (nSPS) is 15.2. The Morgan fingerprint density at radius 1 is 1.06 bits per heavy atom. The van der Waals surface area contributed by atoms with Crippen molar-refractivity contribution in [3.63, 3.8) is 0 Å². The van der Waals surface area contributed by atoms with Crippen LogP contribution in [0.15, 0.2) is 30.3 Å². The third-order valence-corrected chi connectivity index (χ3v) is 5.93. The number of carbonyl (C=O) groups excluding carboxylic acids is 1. The predicted molar refractivity (Wildman–Crippen MR) is 113 cm³/mol. The van der Waals surface area contributed by atoms with E-state index in [1.807, 2.05) is 4.90 Å². The lowest BCUT2D eigenvalue weighted by atomic mass is 10.0. The van der Waals surface area contributed by atoms with Gasteiger partial charge < -0.3 is 14.2 Å². The number of alkyl halides is 6. The Morgan fingerprint density at radius 3 is 2.32 bits per heavy atom. The molecule has 0 unspecified atom stereocenters. The monoisotopic (exact) mass is 485 g/mol. The molecule has 11 heteroatoms. The molecule has 0 atom stereocenters. The first kappa shape index (κ1) is 24.1. The van der Waals surface area contributed by atoms with Crippen LogP contribution in [-0.2, 0) is 23.6 Å². The third-order valence-electron chi connectivity index (χ3n) is 5.93. The molecule has 2 heterocycles. The summed E-state index contributed by atoms with van der Waals surface area (Å²) in [5.74, 6) is -1.74. The molecule has 5 nitrogen and oxygen atoms in total. The molecule has 2 aromatic carbocycles. The number of benzene rings is 2. The van der Waals surface area contributed by atoms with Crippen LogP contribution in [0.25, 0.3) is 11.0 Å². The van der Waals surface area contributed by atoms with Gasteiger partial charge in [-0.3, -0.25) is 4.79 Å². The Morgan fingerprint density at radius 2 is 1.74 bits per heavy atom. The molecule has 1 fully saturated rings. The molecule has 1 saturated heterocycles. The van der Waals surface area contributed by atoms with Crippen LogP contribution in [0.4, 0.5) is 32.0 Å². The highest BCUT2D eigenvalue weighted by Crippen LogP contribution is 2.37. The first-order valence-electron chi connectivity index (χ1n) is 10.5. The van der Waals surface area contributed by atoms with Gasteiger partial charge in [0.15, 0.2) is 5.78 Å². The molecule has 0 radical (unpaired) electrons. The highest BCUT2D eigenvalue weighted by Gasteiger charge is 2.39. The highest BCUT2D eigenvalue weighted by molar-refractivity contribution is 6.06. The summed E-state index contributed by atoms with van der Waals surface area (Å²) in [5, 5.41) is 0. The molecule has 0 bridgehead atoms. The number of carbonyl (C=O) groups is 1. The average molecular weight is 485 g/mol. The van der Waals surface area contributed by atoms with Gasteiger partial charge in [-0.15, -0.1) is 0 Å². The Bertz CT molecular complexity index is 1240. The van der Waals surface area contributed by atoms with Gasteiger partial charge >= 0.3 is 12.4 Å². The van der Waals surface area contributed by atoms with Gasteiger partial charge in [0.05, 0.1) is 24.3 Å². The van der Waals surface area contributed by atoms with Crippen LogP contribution in [0.1, 0.15) is 39.8 Å². The molecule has 0 saturated carbocycles. The summed E-state index contributed by atoms with van der Waals surface area (Å²) in [6, 6.07) is 6.41. The van der Waals surface area contributed by atoms with Gasteiger partial charge in [0, 0.05) is 30.9 Å². The molecule has 0 N–H and O–H groups in total. The number of rotatable bonds is 4. The maximum absolute atomic E-state index is 14.0. The van der Waals surface area contributed by atoms with Gasteiger partial charge in [-0.2, -0.15) is 26.3 Å². The van der Waals surface area contributed by atoms with Gasteiger partial charge in [-0.1, -0.05) is 12.1 Å². The van der Waals surface area contributed by atoms with Crippen LogP contribution < -0.4 is 4.90 Å². The van der Waals surface area contributed by atoms with E-state index in [-0.39, 0.29) is 27.7 Å². The number of fused-ring (bicyclic) bond motifs is 1. The molecular weight excluding hydrogens is 464 g/mol. The minimum atomic E-state index is -4.89. The van der Waals surface area contributed by atoms with Crippen molar-refractivity contribution in [3.8, 4) is 0 Å². The SMILES string of the molecule is CC(=O)c1cc(N2CCOCC2)cc2c1nc(C(F)(F)F)n2Cc1cccc(C(F)(F)F)c1C. The number of Topliss-reactive ketones (excluding diaryl/α,β-unsaturated/α-hetero) is 1. The summed E-state index contributed by atoms with van der Waals surface area (Å²) in [6.45, 7) is 3.77. The number of halogens is 6. The second-order valence-corrected chi connectivity index (χ2v) is 8.12. The average Bonchev–Trinajstić information content (AvgIpc) is 3.13. The molecule has 182 valence electrons. The first-order valence-corrected chi connectivity index (χ1v) is 10.5. The molecule has 1 aromatic heterocycles. The topological polar surface area (TPSA) is 47.4 Å². The summed E-state index contributed by atoms with van der Waals surface area (Å²) in [5.41, 5.74) is -0.580. The number of nitrogens with zero attached hydrogens (tertiary/aromatic N) is 3. The summed E-state index contributed by atoms with van der Waals surface area (Å²) in [7, 11) is 0. The standard InChI is InChI=1S/C23H21F6N3O2/c1-13-15(4-3-5-18(13)22(24,25)26)12-32-19-11-16(31-6-8-34-9-7-31)10-17(14(2)33)20(19)30-21(32)23(27,28)29/h3-5,10-11H,6-9,12H2,1-2H3. The van der Waals surface area contributed by atoms with E-state index in [2.05, 4.69) is 4.98 Å². The fraction of sp³-hybridized carbons (Fsp3) is 0.391. The van der Waals surface area contributed by atoms with E-state index in [0.717, 1.165) is 16.7 Å². The Labute approximate surface area is 190 Å². The molecular formula is C23H21F6N3O2. The van der Waals surface area contributed by atoms with Crippen molar-refractivity contribution in [1.29, 1.82) is 0 Å². The number of anilines is 1. The van der Waals surface area contributed by atoms with Crippen LogP contribution in [0.2, 0.25) is 0 Å². The van der Waals surface area contributed by atoms with Crippen molar-refractivity contribution in [2.45, 2.75) is 32.7 Å². The summed E-state index contributed by atoms with van der Waals surface area (Å²) in [4.78, 5) is 18.0. The second kappa shape index (κ2) is 8.61. The lowest BCUT2D eigenvalue weighted by Gasteiger charge is -2.29. The van der Waals surface area contributed by atoms with Gasteiger partial charge in [0.1, 0.15) is 5.52 Å². The van der Waals surface area contributed by atoms with Crippen LogP contribution >= 0.6 is 0 Å². The van der Waals surface area contributed by atoms with E-state index in [1.54, 1.807) is 0 Å². The minimum absolute atomic E-state index is 0.0176. The number of imidazole rings is 1. The van der Waals surface area contributed by atoms with Gasteiger partial charge in [-0.25, -0.2) is 4.98 Å². The zero-order valence-corrected chi connectivity index (χ0v) is 18.3. The lowest BCUT2D eigenvalue weighted by Crippen LogP contribution is -2.36. The predicted octanol–water partition coefficient (Wildman–Crippen LogP) is 5.47. The van der Waals surface area contributed by atoms with Crippen LogP contribution in [0, 0.1) is 6.92 Å². The van der Waals surface area contributed by atoms with Crippen LogP contribution in [0.5, 0.6) is 0 Å². The highest BCUT2D eigenvalue weighted by atomic mass is 19.4. The van der Waals surface area contributed by atoms with Gasteiger partial charge in [-0.05, 0) is 43.2 Å². The fourth-order valence-electron chi connectivity index (χ4n) is 4.19. The third kappa shape index (κ3) is 4.48. The van der Waals surface area contributed by atoms with Crippen molar-refractivity contribution in [1.82, 2.24) is 9.55 Å². The minimum Gasteiger partial charge on any atom is -0.378 e. The second-order valence-electron chi connectivity index (χ2n) is 8.12. The van der Waals surface area contributed by atoms with Crippen molar-refractivity contribution in [2.75, 3.05) is 31.2 Å². The molecule has 3 aromatic rings. The number of morpholine rings is 1. The van der Waals surface area contributed by atoms with Crippen LogP contribution in [-0.4, -0.2) is 41.6 Å². The number of hydrogen-bond acceptors (Lipinski definition) is 4. The van der Waals surface area contributed by atoms with E-state index >= 15 is 0 Å². The quantitative estimate of drug-likeness (QED) is 0.363. The molecule has 4 rings (SSSR count). The van der Waals surface area contributed by atoms with Crippen LogP contribution in [0.3, 0.4) is 0 Å². The van der Waals surface area contributed by atoms with Crippen molar-refractivity contribution < 1.29 is 35.9 Å². The van der Waals surface area contributed by atoms with E-state index in [9.17, 15) is 31.1 Å². The first-order chi connectivity index (χ1) is 15.9. The van der Waals surface area contributed by atoms with E-state index in [1.165, 1.54) is 32.0 Å². The smallest absolute Gasteiger partial charge is 0.378 e.